The number of sulfone groups is 1. The molecule has 0 bridgehead atoms. The van der Waals surface area contributed by atoms with Crippen molar-refractivity contribution in [1.82, 2.24) is 9.97 Å². The third kappa shape index (κ3) is 3.52. The van der Waals surface area contributed by atoms with E-state index in [4.69, 9.17) is 5.11 Å². The van der Waals surface area contributed by atoms with Gasteiger partial charge in [0.2, 0.25) is 5.95 Å². The van der Waals surface area contributed by atoms with Crippen molar-refractivity contribution in [3.8, 4) is 0 Å². The Morgan fingerprint density at radius 2 is 2.00 bits per heavy atom. The molecule has 0 spiro atoms. The maximum Gasteiger partial charge on any atom is 0.225 e. The molecule has 8 heteroatoms. The lowest BCUT2D eigenvalue weighted by atomic mass is 10.2. The summed E-state index contributed by atoms with van der Waals surface area (Å²) in [6.45, 7) is 1.63. The second-order valence-electron chi connectivity index (χ2n) is 5.28. The zero-order valence-electron chi connectivity index (χ0n) is 12.7. The molecule has 7 nitrogen and oxygen atoms in total. The average molecular weight is 325 g/mol. The Balaban J connectivity index is 2.50. The largest absolute Gasteiger partial charge is 0.394 e. The number of hydrogen-bond acceptors (Lipinski definition) is 7. The molecular formula is C14H19N3O4S. The van der Waals surface area contributed by atoms with Gasteiger partial charge in [-0.2, -0.15) is 0 Å². The van der Waals surface area contributed by atoms with E-state index >= 15 is 0 Å². The lowest BCUT2D eigenvalue weighted by molar-refractivity contribution is 0.101. The third-order valence-corrected chi connectivity index (χ3v) is 4.42. The Morgan fingerprint density at radius 3 is 2.59 bits per heavy atom. The molecule has 0 radical (unpaired) electrons. The number of nitrogens with zero attached hydrogens (tertiary/aromatic N) is 3. The van der Waals surface area contributed by atoms with Gasteiger partial charge >= 0.3 is 0 Å². The number of benzene rings is 1. The molecule has 2 aromatic rings. The molecule has 1 aromatic heterocycles. The number of anilines is 1. The summed E-state index contributed by atoms with van der Waals surface area (Å²) in [7, 11) is -1.62. The molecule has 0 aliphatic carbocycles. The lowest BCUT2D eigenvalue weighted by Crippen LogP contribution is -2.32. The summed E-state index contributed by atoms with van der Waals surface area (Å²) in [6.07, 6.45) is 0.249. The van der Waals surface area contributed by atoms with Gasteiger partial charge in [-0.15, -0.1) is 0 Å². The fourth-order valence-electron chi connectivity index (χ4n) is 2.11. The zero-order valence-corrected chi connectivity index (χ0v) is 13.5. The van der Waals surface area contributed by atoms with Gasteiger partial charge in [0.05, 0.1) is 28.8 Å². The monoisotopic (exact) mass is 325 g/mol. The third-order valence-electron chi connectivity index (χ3n) is 3.31. The fraction of sp³-hybridized carbons (Fsp3) is 0.429. The van der Waals surface area contributed by atoms with Crippen molar-refractivity contribution in [3.05, 3.63) is 23.9 Å². The first-order chi connectivity index (χ1) is 10.2. The Hall–Kier alpha value is -1.77. The lowest BCUT2D eigenvalue weighted by Gasteiger charge is -2.20. The first kappa shape index (κ1) is 16.6. The highest BCUT2D eigenvalue weighted by atomic mass is 32.2. The van der Waals surface area contributed by atoms with Gasteiger partial charge in [0.25, 0.3) is 0 Å². The highest BCUT2D eigenvalue weighted by Crippen LogP contribution is 2.22. The number of rotatable bonds is 5. The summed E-state index contributed by atoms with van der Waals surface area (Å²) in [4.78, 5) is 10.5. The van der Waals surface area contributed by atoms with Crippen molar-refractivity contribution in [1.29, 1.82) is 0 Å². The first-order valence-corrected chi connectivity index (χ1v) is 8.60. The predicted molar refractivity (Wildman–Crippen MR) is 83.7 cm³/mol. The molecule has 0 aliphatic rings. The topological polar surface area (TPSA) is 104 Å². The minimum atomic E-state index is -3.31. The molecule has 2 rings (SSSR count). The molecular weight excluding hydrogens is 306 g/mol. The Morgan fingerprint density at radius 1 is 1.32 bits per heavy atom. The van der Waals surface area contributed by atoms with E-state index < -0.39 is 15.9 Å². The molecule has 1 unspecified atom stereocenters. The molecule has 0 aliphatic heterocycles. The minimum absolute atomic E-state index is 0.174. The predicted octanol–water partition coefficient (Wildman–Crippen LogP) is 0.131. The molecule has 0 saturated carbocycles. The van der Waals surface area contributed by atoms with Gasteiger partial charge in [-0.3, -0.25) is 0 Å². The van der Waals surface area contributed by atoms with E-state index in [1.165, 1.54) is 12.1 Å². The Bertz CT molecular complexity index is 792. The van der Waals surface area contributed by atoms with Crippen molar-refractivity contribution in [2.24, 2.45) is 0 Å². The van der Waals surface area contributed by atoms with Crippen LogP contribution in [0.15, 0.2) is 23.1 Å². The van der Waals surface area contributed by atoms with Crippen LogP contribution in [0.25, 0.3) is 10.9 Å². The van der Waals surface area contributed by atoms with Crippen LogP contribution in [-0.4, -0.2) is 61.2 Å². The van der Waals surface area contributed by atoms with E-state index in [1.54, 1.807) is 18.0 Å². The van der Waals surface area contributed by atoms with Crippen LogP contribution in [0.3, 0.4) is 0 Å². The highest BCUT2D eigenvalue weighted by Gasteiger charge is 2.14. The van der Waals surface area contributed by atoms with E-state index in [2.05, 4.69) is 9.97 Å². The SMILES string of the molecule is Cc1nc(N(C)CC(O)CO)nc2cc(S(C)(=O)=O)ccc12. The smallest absolute Gasteiger partial charge is 0.225 e. The average Bonchev–Trinajstić information content (AvgIpc) is 2.45. The van der Waals surface area contributed by atoms with E-state index in [1.807, 2.05) is 6.92 Å². The highest BCUT2D eigenvalue weighted by molar-refractivity contribution is 7.90. The maximum absolute atomic E-state index is 11.6. The van der Waals surface area contributed by atoms with Gasteiger partial charge in [-0.25, -0.2) is 18.4 Å². The fourth-order valence-corrected chi connectivity index (χ4v) is 2.75. The van der Waals surface area contributed by atoms with Crippen LogP contribution in [0.2, 0.25) is 0 Å². The Labute approximate surface area is 129 Å². The van der Waals surface area contributed by atoms with Crippen LogP contribution >= 0.6 is 0 Å². The quantitative estimate of drug-likeness (QED) is 0.805. The summed E-state index contributed by atoms with van der Waals surface area (Å²) < 4.78 is 23.3. The molecule has 22 heavy (non-hydrogen) atoms. The van der Waals surface area contributed by atoms with Crippen molar-refractivity contribution in [2.75, 3.05) is 31.4 Å². The van der Waals surface area contributed by atoms with Crippen LogP contribution in [0, 0.1) is 6.92 Å². The maximum atomic E-state index is 11.6. The van der Waals surface area contributed by atoms with Crippen LogP contribution in [-0.2, 0) is 9.84 Å². The number of hydrogen-bond donors (Lipinski definition) is 2. The first-order valence-electron chi connectivity index (χ1n) is 6.71. The van der Waals surface area contributed by atoms with Gasteiger partial charge < -0.3 is 15.1 Å². The minimum Gasteiger partial charge on any atom is -0.394 e. The standard InChI is InChI=1S/C14H19N3O4S/c1-9-12-5-4-11(22(3,20)21)6-13(12)16-14(15-9)17(2)7-10(19)8-18/h4-6,10,18-19H,7-8H2,1-3H3. The number of likely N-dealkylation sites (N-methyl/N-ethyl adjacent to an activating group) is 1. The van der Waals surface area contributed by atoms with Crippen molar-refractivity contribution in [3.63, 3.8) is 0 Å². The summed E-state index contributed by atoms with van der Waals surface area (Å²) >= 11 is 0. The summed E-state index contributed by atoms with van der Waals surface area (Å²) in [5, 5.41) is 19.2. The normalized spacial score (nSPS) is 13.3. The molecule has 0 fully saturated rings. The van der Waals surface area contributed by atoms with Gasteiger partial charge in [0.15, 0.2) is 9.84 Å². The molecule has 1 atom stereocenters. The van der Waals surface area contributed by atoms with E-state index in [-0.39, 0.29) is 18.0 Å². The van der Waals surface area contributed by atoms with E-state index in [0.717, 1.165) is 11.6 Å². The molecule has 2 N–H and O–H groups in total. The van der Waals surface area contributed by atoms with Crippen LogP contribution in [0.1, 0.15) is 5.69 Å². The number of fused-ring (bicyclic) bond motifs is 1. The van der Waals surface area contributed by atoms with Crippen LogP contribution < -0.4 is 4.90 Å². The summed E-state index contributed by atoms with van der Waals surface area (Å²) in [5.74, 6) is 0.364. The number of aliphatic hydroxyl groups excluding tert-OH is 2. The summed E-state index contributed by atoms with van der Waals surface area (Å²) in [6, 6.07) is 4.74. The van der Waals surface area contributed by atoms with E-state index in [9.17, 15) is 13.5 Å². The van der Waals surface area contributed by atoms with E-state index in [0.29, 0.717) is 17.2 Å². The van der Waals surface area contributed by atoms with Crippen molar-refractivity contribution >= 4 is 26.7 Å². The zero-order chi connectivity index (χ0) is 16.5. The molecule has 120 valence electrons. The van der Waals surface area contributed by atoms with Crippen LogP contribution in [0.4, 0.5) is 5.95 Å². The van der Waals surface area contributed by atoms with Crippen molar-refractivity contribution < 1.29 is 18.6 Å². The van der Waals surface area contributed by atoms with Gasteiger partial charge in [-0.05, 0) is 25.1 Å². The second kappa shape index (κ2) is 6.15. The van der Waals surface area contributed by atoms with Gasteiger partial charge in [0, 0.05) is 25.2 Å². The van der Waals surface area contributed by atoms with Gasteiger partial charge in [0.1, 0.15) is 0 Å². The number of aliphatic hydroxyl groups is 2. The Kier molecular flexibility index (Phi) is 4.64. The number of aryl methyl sites for hydroxylation is 1. The summed E-state index contributed by atoms with van der Waals surface area (Å²) in [5.41, 5.74) is 1.24. The molecule has 0 amide bonds. The van der Waals surface area contributed by atoms with Crippen molar-refractivity contribution in [2.45, 2.75) is 17.9 Å². The van der Waals surface area contributed by atoms with Gasteiger partial charge in [-0.1, -0.05) is 0 Å². The number of aromatic nitrogens is 2. The van der Waals surface area contributed by atoms with Crippen LogP contribution in [0.5, 0.6) is 0 Å². The molecule has 0 saturated heterocycles. The molecule has 1 aromatic carbocycles. The molecule has 1 heterocycles. The second-order valence-corrected chi connectivity index (χ2v) is 7.29.